The number of imidazole rings is 1. The molecule has 3 amide bonds. The smallest absolute Gasteiger partial charge is 0.387 e. The Kier molecular flexibility index (Phi) is 10.9. The molecule has 0 radical (unpaired) electrons. The van der Waals surface area contributed by atoms with Crippen molar-refractivity contribution in [2.45, 2.75) is 39.2 Å². The fraction of sp³-hybridized carbons (Fsp3) is 0.400. The Morgan fingerprint density at radius 1 is 1.05 bits per heavy atom. The molecule has 1 fully saturated rings. The topological polar surface area (TPSA) is 126 Å². The van der Waals surface area contributed by atoms with Crippen LogP contribution in [0.15, 0.2) is 36.5 Å². The number of piperidine rings is 1. The van der Waals surface area contributed by atoms with Crippen LogP contribution in [0.25, 0.3) is 11.3 Å². The van der Waals surface area contributed by atoms with Gasteiger partial charge in [-0.15, -0.1) is 0 Å². The number of hydrogen-bond donors (Lipinski definition) is 4. The molecule has 2 aromatic carbocycles. The fourth-order valence-electron chi connectivity index (χ4n) is 4.99. The molecule has 0 aliphatic carbocycles. The van der Waals surface area contributed by atoms with Crippen LogP contribution < -0.4 is 26.0 Å². The highest BCUT2D eigenvalue weighted by atomic mass is 19.3. The van der Waals surface area contributed by atoms with Gasteiger partial charge in [-0.1, -0.05) is 6.92 Å². The van der Waals surface area contributed by atoms with Crippen LogP contribution in [-0.2, 0) is 18.3 Å². The molecule has 10 nitrogen and oxygen atoms in total. The molecule has 0 bridgehead atoms. The second-order valence-electron chi connectivity index (χ2n) is 10.2. The number of anilines is 1. The summed E-state index contributed by atoms with van der Waals surface area (Å²) in [5.41, 5.74) is 1.25. The van der Waals surface area contributed by atoms with Crippen molar-refractivity contribution in [2.24, 2.45) is 13.0 Å². The van der Waals surface area contributed by atoms with Crippen molar-refractivity contribution >= 4 is 23.4 Å². The van der Waals surface area contributed by atoms with E-state index in [4.69, 9.17) is 0 Å². The third-order valence-electron chi connectivity index (χ3n) is 7.37. The summed E-state index contributed by atoms with van der Waals surface area (Å²) >= 11 is 0. The number of ether oxygens (including phenoxy) is 1. The second kappa shape index (κ2) is 14.8. The molecule has 0 saturated carbocycles. The average molecular weight is 619 g/mol. The predicted molar refractivity (Wildman–Crippen MR) is 155 cm³/mol. The summed E-state index contributed by atoms with van der Waals surface area (Å²) in [5.74, 6) is -4.95. The number of nitrogens with one attached hydrogen (secondary N) is 4. The zero-order valence-electron chi connectivity index (χ0n) is 24.3. The van der Waals surface area contributed by atoms with Gasteiger partial charge in [-0.3, -0.25) is 14.4 Å². The van der Waals surface area contributed by atoms with Crippen LogP contribution in [0.5, 0.6) is 5.75 Å². The van der Waals surface area contributed by atoms with Gasteiger partial charge in [0, 0.05) is 42.9 Å². The highest BCUT2D eigenvalue weighted by Crippen LogP contribution is 2.31. The number of nitrogens with zero attached hydrogens (tertiary/aromatic N) is 2. The van der Waals surface area contributed by atoms with Crippen molar-refractivity contribution in [3.05, 3.63) is 65.1 Å². The Balaban J connectivity index is 1.35. The van der Waals surface area contributed by atoms with Gasteiger partial charge in [-0.25, -0.2) is 9.37 Å². The maximum atomic E-state index is 14.6. The van der Waals surface area contributed by atoms with Crippen LogP contribution in [0.1, 0.15) is 52.7 Å². The first-order chi connectivity index (χ1) is 21.1. The lowest BCUT2D eigenvalue weighted by atomic mass is 9.97. The van der Waals surface area contributed by atoms with Crippen molar-refractivity contribution in [3.63, 3.8) is 0 Å². The molecule has 3 aromatic rings. The molecule has 1 aromatic heterocycles. The normalized spacial score (nSPS) is 13.5. The molecular formula is C30H34F4N6O4. The van der Waals surface area contributed by atoms with Crippen LogP contribution in [-0.4, -0.2) is 60.1 Å². The summed E-state index contributed by atoms with van der Waals surface area (Å²) in [5, 5.41) is 11.7. The van der Waals surface area contributed by atoms with Crippen molar-refractivity contribution in [1.82, 2.24) is 25.5 Å². The quantitative estimate of drug-likeness (QED) is 0.180. The summed E-state index contributed by atoms with van der Waals surface area (Å²) in [6.07, 6.45) is 3.88. The van der Waals surface area contributed by atoms with E-state index in [-0.39, 0.29) is 34.8 Å². The van der Waals surface area contributed by atoms with Gasteiger partial charge in [0.1, 0.15) is 0 Å². The maximum absolute atomic E-state index is 14.6. The SMILES string of the molecule is CCc1cc(NC(=O)c2ncc(-c3ccc(OC(F)F)c(F)c3F)n2C)ccc1C(=O)NCCCNC(=O)C1CCNCC1. The minimum Gasteiger partial charge on any atom is -0.432 e. The average Bonchev–Trinajstić information content (AvgIpc) is 3.40. The van der Waals surface area contributed by atoms with Gasteiger partial charge in [0.15, 0.2) is 17.4 Å². The van der Waals surface area contributed by atoms with E-state index in [2.05, 4.69) is 31.0 Å². The van der Waals surface area contributed by atoms with Gasteiger partial charge in [-0.2, -0.15) is 13.2 Å². The van der Waals surface area contributed by atoms with Crippen LogP contribution in [0.3, 0.4) is 0 Å². The molecule has 4 N–H and O–H groups in total. The van der Waals surface area contributed by atoms with Gasteiger partial charge < -0.3 is 30.6 Å². The number of aromatic nitrogens is 2. The first-order valence-electron chi connectivity index (χ1n) is 14.3. The molecule has 1 saturated heterocycles. The van der Waals surface area contributed by atoms with E-state index in [0.717, 1.165) is 44.3 Å². The molecule has 14 heteroatoms. The van der Waals surface area contributed by atoms with E-state index in [1.165, 1.54) is 11.6 Å². The zero-order valence-corrected chi connectivity index (χ0v) is 24.3. The number of alkyl halides is 2. The number of aryl methyl sites for hydroxylation is 1. The molecular weight excluding hydrogens is 584 g/mol. The molecule has 0 unspecified atom stereocenters. The monoisotopic (exact) mass is 618 g/mol. The molecule has 2 heterocycles. The fourth-order valence-corrected chi connectivity index (χ4v) is 4.99. The number of halogens is 4. The number of carbonyl (C=O) groups excluding carboxylic acids is 3. The summed E-state index contributed by atoms with van der Waals surface area (Å²) in [6, 6.07) is 6.73. The van der Waals surface area contributed by atoms with E-state index in [1.54, 1.807) is 18.2 Å². The Hall–Kier alpha value is -4.46. The van der Waals surface area contributed by atoms with Crippen LogP contribution >= 0.6 is 0 Å². The number of rotatable bonds is 12. The lowest BCUT2D eigenvalue weighted by Gasteiger charge is -2.21. The van der Waals surface area contributed by atoms with Gasteiger partial charge in [0.05, 0.1) is 11.9 Å². The molecule has 0 spiro atoms. The molecule has 236 valence electrons. The number of amides is 3. The molecule has 0 atom stereocenters. The van der Waals surface area contributed by atoms with Crippen molar-refractivity contribution in [2.75, 3.05) is 31.5 Å². The highest BCUT2D eigenvalue weighted by molar-refractivity contribution is 6.03. The third kappa shape index (κ3) is 7.73. The minimum absolute atomic E-state index is 0.0267. The van der Waals surface area contributed by atoms with E-state index in [9.17, 15) is 31.9 Å². The minimum atomic E-state index is -3.33. The lowest BCUT2D eigenvalue weighted by Crippen LogP contribution is -2.39. The summed E-state index contributed by atoms with van der Waals surface area (Å²) in [4.78, 5) is 42.1. The Morgan fingerprint density at radius 3 is 2.48 bits per heavy atom. The third-order valence-corrected chi connectivity index (χ3v) is 7.37. The Bertz CT molecular complexity index is 1510. The van der Waals surface area contributed by atoms with Crippen molar-refractivity contribution in [1.29, 1.82) is 0 Å². The maximum Gasteiger partial charge on any atom is 0.387 e. The highest BCUT2D eigenvalue weighted by Gasteiger charge is 2.23. The number of benzene rings is 2. The lowest BCUT2D eigenvalue weighted by molar-refractivity contribution is -0.125. The van der Waals surface area contributed by atoms with Gasteiger partial charge in [0.2, 0.25) is 11.7 Å². The standard InChI is InChI=1S/C30H34F4N6O4/c1-3-17-15-19(5-6-20(17)28(42)37-12-4-11-36-27(41)18-9-13-35-14-10-18)39-29(43)26-38-16-22(40(26)2)21-7-8-23(44-30(33)34)25(32)24(21)31/h5-8,15-16,18,30,35H,3-4,9-14H2,1-2H3,(H,36,41)(H,37,42)(H,39,43). The van der Waals surface area contributed by atoms with E-state index in [0.29, 0.717) is 42.7 Å². The molecule has 1 aliphatic heterocycles. The summed E-state index contributed by atoms with van der Waals surface area (Å²) in [7, 11) is 1.42. The molecule has 1 aliphatic rings. The van der Waals surface area contributed by atoms with Crippen LogP contribution in [0.4, 0.5) is 23.2 Å². The van der Waals surface area contributed by atoms with Crippen molar-refractivity contribution in [3.8, 4) is 17.0 Å². The largest absolute Gasteiger partial charge is 0.432 e. The first kappa shape index (κ1) is 32.5. The van der Waals surface area contributed by atoms with Crippen LogP contribution in [0, 0.1) is 17.6 Å². The van der Waals surface area contributed by atoms with E-state index in [1.807, 2.05) is 6.92 Å². The first-order valence-corrected chi connectivity index (χ1v) is 14.3. The zero-order chi connectivity index (χ0) is 31.8. The Morgan fingerprint density at radius 2 is 1.77 bits per heavy atom. The van der Waals surface area contributed by atoms with E-state index >= 15 is 0 Å². The van der Waals surface area contributed by atoms with Crippen LogP contribution in [0.2, 0.25) is 0 Å². The number of carbonyl (C=O) groups is 3. The molecule has 44 heavy (non-hydrogen) atoms. The summed E-state index contributed by atoms with van der Waals surface area (Å²) in [6.45, 7) is 1.05. The predicted octanol–water partition coefficient (Wildman–Crippen LogP) is 4.02. The van der Waals surface area contributed by atoms with Gasteiger partial charge >= 0.3 is 6.61 Å². The number of hydrogen-bond acceptors (Lipinski definition) is 6. The van der Waals surface area contributed by atoms with Crippen molar-refractivity contribution < 1.29 is 36.7 Å². The molecule has 4 rings (SSSR count). The van der Waals surface area contributed by atoms with E-state index < -0.39 is 29.9 Å². The summed E-state index contributed by atoms with van der Waals surface area (Å²) < 4.78 is 59.0. The Labute approximate surface area is 251 Å². The second-order valence-corrected chi connectivity index (χ2v) is 10.2. The van der Waals surface area contributed by atoms with Gasteiger partial charge in [0.25, 0.3) is 11.8 Å². The van der Waals surface area contributed by atoms with Gasteiger partial charge in [-0.05, 0) is 74.7 Å².